The average Bonchev–Trinajstić information content (AvgIpc) is 2.18. The number of nitriles is 1. The first kappa shape index (κ1) is 10.6. The third-order valence-electron chi connectivity index (χ3n) is 1.67. The summed E-state index contributed by atoms with van der Waals surface area (Å²) in [5.41, 5.74) is 0.768. The predicted octanol–water partition coefficient (Wildman–Crippen LogP) is 1.52. The van der Waals surface area contributed by atoms with Crippen LogP contribution in [0.1, 0.15) is 5.56 Å². The lowest BCUT2D eigenvalue weighted by Crippen LogP contribution is -2.25. The molecule has 0 aliphatic carbocycles. The average molecular weight is 209 g/mol. The first-order valence-electron chi connectivity index (χ1n) is 4.11. The number of rotatable bonds is 3. The van der Waals surface area contributed by atoms with Gasteiger partial charge in [-0.25, -0.2) is 0 Å². The van der Waals surface area contributed by atoms with Crippen LogP contribution in [0.4, 0.5) is 0 Å². The number of benzene rings is 1. The van der Waals surface area contributed by atoms with Crippen LogP contribution in [0, 0.1) is 11.3 Å². The van der Waals surface area contributed by atoms with Crippen molar-refractivity contribution in [2.24, 2.45) is 0 Å². The third-order valence-corrected chi connectivity index (χ3v) is 2.04. The van der Waals surface area contributed by atoms with Crippen LogP contribution in [-0.4, -0.2) is 12.5 Å². The summed E-state index contributed by atoms with van der Waals surface area (Å²) in [6, 6.07) is 8.97. The van der Waals surface area contributed by atoms with Gasteiger partial charge in [0.15, 0.2) is 0 Å². The maximum Gasteiger partial charge on any atom is 0.225 e. The Labute approximate surface area is 87.3 Å². The molecular formula is C10H9ClN2O. The van der Waals surface area contributed by atoms with Crippen LogP contribution >= 0.6 is 11.6 Å². The molecule has 1 aromatic carbocycles. The number of hydrogen-bond acceptors (Lipinski definition) is 2. The Bertz CT molecular complexity index is 371. The van der Waals surface area contributed by atoms with Crippen LogP contribution in [0.3, 0.4) is 0 Å². The van der Waals surface area contributed by atoms with E-state index in [1.807, 2.05) is 12.1 Å². The highest BCUT2D eigenvalue weighted by Crippen LogP contribution is 2.14. The van der Waals surface area contributed by atoms with E-state index in [0.29, 0.717) is 5.02 Å². The van der Waals surface area contributed by atoms with E-state index in [-0.39, 0.29) is 18.9 Å². The van der Waals surface area contributed by atoms with Crippen molar-refractivity contribution in [2.75, 3.05) is 6.54 Å². The van der Waals surface area contributed by atoms with Gasteiger partial charge in [0.2, 0.25) is 5.91 Å². The van der Waals surface area contributed by atoms with Crippen molar-refractivity contribution in [1.82, 2.24) is 5.32 Å². The van der Waals surface area contributed by atoms with Gasteiger partial charge in [-0.3, -0.25) is 4.79 Å². The van der Waals surface area contributed by atoms with Gasteiger partial charge < -0.3 is 5.32 Å². The van der Waals surface area contributed by atoms with E-state index < -0.39 is 0 Å². The number of hydrogen-bond donors (Lipinski definition) is 1. The standard InChI is InChI=1S/C10H9ClN2O/c11-9-4-2-1-3-8(9)7-10(14)13-6-5-12/h1-4H,6-7H2,(H,13,14). The summed E-state index contributed by atoms with van der Waals surface area (Å²) in [4.78, 5) is 11.2. The van der Waals surface area contributed by atoms with Gasteiger partial charge in [0, 0.05) is 5.02 Å². The quantitative estimate of drug-likeness (QED) is 0.766. The fourth-order valence-electron chi connectivity index (χ4n) is 1.02. The molecule has 3 nitrogen and oxygen atoms in total. The van der Waals surface area contributed by atoms with E-state index in [9.17, 15) is 4.79 Å². The summed E-state index contributed by atoms with van der Waals surface area (Å²) < 4.78 is 0. The summed E-state index contributed by atoms with van der Waals surface area (Å²) in [6.45, 7) is 0.0310. The smallest absolute Gasteiger partial charge is 0.225 e. The number of nitrogens with one attached hydrogen (secondary N) is 1. The molecule has 0 saturated heterocycles. The molecule has 1 aromatic rings. The minimum atomic E-state index is -0.195. The van der Waals surface area contributed by atoms with Gasteiger partial charge in [-0.2, -0.15) is 5.26 Å². The predicted molar refractivity (Wildman–Crippen MR) is 53.8 cm³/mol. The fourth-order valence-corrected chi connectivity index (χ4v) is 1.22. The third kappa shape index (κ3) is 3.08. The second-order valence-electron chi connectivity index (χ2n) is 2.70. The molecule has 1 N–H and O–H groups in total. The molecule has 0 fully saturated rings. The number of amides is 1. The highest BCUT2D eigenvalue weighted by Gasteiger charge is 2.04. The van der Waals surface area contributed by atoms with Gasteiger partial charge in [0.1, 0.15) is 6.54 Å². The van der Waals surface area contributed by atoms with E-state index in [0.717, 1.165) is 5.56 Å². The topological polar surface area (TPSA) is 52.9 Å². The minimum Gasteiger partial charge on any atom is -0.343 e. The number of carbonyl (C=O) groups excluding carboxylic acids is 1. The van der Waals surface area contributed by atoms with Crippen molar-refractivity contribution >= 4 is 17.5 Å². The van der Waals surface area contributed by atoms with E-state index in [2.05, 4.69) is 5.32 Å². The molecule has 0 heterocycles. The zero-order valence-electron chi connectivity index (χ0n) is 7.46. The minimum absolute atomic E-state index is 0.0310. The molecule has 4 heteroatoms. The summed E-state index contributed by atoms with van der Waals surface area (Å²) in [6.07, 6.45) is 0.210. The molecule has 0 aliphatic heterocycles. The van der Waals surface area contributed by atoms with Crippen molar-refractivity contribution < 1.29 is 4.79 Å². The van der Waals surface area contributed by atoms with Crippen LogP contribution < -0.4 is 5.32 Å². The van der Waals surface area contributed by atoms with Crippen molar-refractivity contribution in [3.8, 4) is 6.07 Å². The van der Waals surface area contributed by atoms with Gasteiger partial charge in [0.25, 0.3) is 0 Å². The molecule has 0 aliphatic rings. The van der Waals surface area contributed by atoms with Crippen LogP contribution in [0.25, 0.3) is 0 Å². The second kappa shape index (κ2) is 5.25. The SMILES string of the molecule is N#CCNC(=O)Cc1ccccc1Cl. The Morgan fingerprint density at radius 1 is 1.50 bits per heavy atom. The van der Waals surface area contributed by atoms with E-state index in [4.69, 9.17) is 16.9 Å². The molecule has 0 bridgehead atoms. The van der Waals surface area contributed by atoms with Crippen LogP contribution in [0.2, 0.25) is 5.02 Å². The normalized spacial score (nSPS) is 9.14. The van der Waals surface area contributed by atoms with Gasteiger partial charge in [-0.1, -0.05) is 29.8 Å². The molecule has 72 valence electrons. The number of halogens is 1. The first-order valence-corrected chi connectivity index (χ1v) is 4.49. The van der Waals surface area contributed by atoms with Crippen molar-refractivity contribution in [3.63, 3.8) is 0 Å². The monoisotopic (exact) mass is 208 g/mol. The second-order valence-corrected chi connectivity index (χ2v) is 3.11. The molecule has 14 heavy (non-hydrogen) atoms. The molecule has 0 atom stereocenters. The Kier molecular flexibility index (Phi) is 3.96. The molecule has 1 rings (SSSR count). The maximum absolute atomic E-state index is 11.2. The van der Waals surface area contributed by atoms with E-state index in [1.54, 1.807) is 18.2 Å². The van der Waals surface area contributed by atoms with Gasteiger partial charge >= 0.3 is 0 Å². The number of nitrogens with zero attached hydrogens (tertiary/aromatic N) is 1. The molecule has 0 unspecified atom stereocenters. The van der Waals surface area contributed by atoms with Gasteiger partial charge in [-0.05, 0) is 11.6 Å². The lowest BCUT2D eigenvalue weighted by Gasteiger charge is -2.02. The molecular weight excluding hydrogens is 200 g/mol. The first-order chi connectivity index (χ1) is 6.74. The Morgan fingerprint density at radius 3 is 2.86 bits per heavy atom. The van der Waals surface area contributed by atoms with Crippen LogP contribution in [0.5, 0.6) is 0 Å². The van der Waals surface area contributed by atoms with Gasteiger partial charge in [-0.15, -0.1) is 0 Å². The maximum atomic E-state index is 11.2. The van der Waals surface area contributed by atoms with Crippen molar-refractivity contribution in [3.05, 3.63) is 34.9 Å². The van der Waals surface area contributed by atoms with Crippen molar-refractivity contribution in [1.29, 1.82) is 5.26 Å². The number of carbonyl (C=O) groups is 1. The van der Waals surface area contributed by atoms with Crippen LogP contribution in [-0.2, 0) is 11.2 Å². The Balaban J connectivity index is 2.57. The molecule has 0 spiro atoms. The highest BCUT2D eigenvalue weighted by molar-refractivity contribution is 6.31. The molecule has 0 aromatic heterocycles. The van der Waals surface area contributed by atoms with E-state index >= 15 is 0 Å². The summed E-state index contributed by atoms with van der Waals surface area (Å²) in [5, 5.41) is 11.3. The molecule has 0 radical (unpaired) electrons. The van der Waals surface area contributed by atoms with Crippen LogP contribution in [0.15, 0.2) is 24.3 Å². The lowest BCUT2D eigenvalue weighted by molar-refractivity contribution is -0.120. The zero-order valence-corrected chi connectivity index (χ0v) is 8.21. The summed E-state index contributed by atoms with van der Waals surface area (Å²) in [7, 11) is 0. The highest BCUT2D eigenvalue weighted by atomic mass is 35.5. The zero-order chi connectivity index (χ0) is 10.4. The van der Waals surface area contributed by atoms with E-state index in [1.165, 1.54) is 0 Å². The Morgan fingerprint density at radius 2 is 2.21 bits per heavy atom. The lowest BCUT2D eigenvalue weighted by atomic mass is 10.1. The largest absolute Gasteiger partial charge is 0.343 e. The van der Waals surface area contributed by atoms with Crippen molar-refractivity contribution in [2.45, 2.75) is 6.42 Å². The summed E-state index contributed by atoms with van der Waals surface area (Å²) in [5.74, 6) is -0.195. The fraction of sp³-hybridized carbons (Fsp3) is 0.200. The molecule has 0 saturated carbocycles. The molecule has 1 amide bonds. The Hall–Kier alpha value is -1.53. The van der Waals surface area contributed by atoms with Gasteiger partial charge in [0.05, 0.1) is 12.5 Å². The summed E-state index contributed by atoms with van der Waals surface area (Å²) >= 11 is 5.86.